The van der Waals surface area contributed by atoms with Crippen LogP contribution in [0, 0.1) is 5.82 Å². The van der Waals surface area contributed by atoms with Gasteiger partial charge in [-0.15, -0.1) is 10.2 Å². The van der Waals surface area contributed by atoms with E-state index in [1.807, 2.05) is 6.92 Å². The van der Waals surface area contributed by atoms with Gasteiger partial charge in [0.1, 0.15) is 5.82 Å². The van der Waals surface area contributed by atoms with Crippen molar-refractivity contribution < 1.29 is 14.0 Å². The maximum absolute atomic E-state index is 12.8. The minimum atomic E-state index is -0.358. The van der Waals surface area contributed by atoms with E-state index in [1.165, 1.54) is 47.4 Å². The summed E-state index contributed by atoms with van der Waals surface area (Å²) in [6, 6.07) is 5.53. The summed E-state index contributed by atoms with van der Waals surface area (Å²) in [5, 5.41) is 13.5. The summed E-state index contributed by atoms with van der Waals surface area (Å²) < 4.78 is 13.4. The van der Waals surface area contributed by atoms with Crippen molar-refractivity contribution in [2.24, 2.45) is 0 Å². The molecule has 0 radical (unpaired) electrons. The van der Waals surface area contributed by atoms with Crippen LogP contribution < -0.4 is 10.6 Å². The lowest BCUT2D eigenvalue weighted by atomic mass is 10.3. The van der Waals surface area contributed by atoms with Crippen LogP contribution in [0.5, 0.6) is 0 Å². The molecule has 2 amide bonds. The van der Waals surface area contributed by atoms with E-state index in [9.17, 15) is 14.0 Å². The number of nitrogens with zero attached hydrogens (tertiary/aromatic N) is 2. The van der Waals surface area contributed by atoms with E-state index in [0.717, 1.165) is 6.42 Å². The molecule has 0 aliphatic carbocycles. The first-order valence-electron chi connectivity index (χ1n) is 6.88. The van der Waals surface area contributed by atoms with E-state index in [2.05, 4.69) is 20.8 Å². The van der Waals surface area contributed by atoms with Gasteiger partial charge in [0, 0.05) is 12.1 Å². The highest BCUT2D eigenvalue weighted by Crippen LogP contribution is 2.25. The Hall–Kier alpha value is -2.00. The molecule has 122 valence electrons. The van der Waals surface area contributed by atoms with Crippen LogP contribution in [0.1, 0.15) is 19.8 Å². The van der Waals surface area contributed by atoms with Gasteiger partial charge in [0.15, 0.2) is 4.34 Å². The summed E-state index contributed by atoms with van der Waals surface area (Å²) in [5.74, 6) is -0.541. The molecule has 0 atom stereocenters. The number of aromatic nitrogens is 2. The van der Waals surface area contributed by atoms with Crippen molar-refractivity contribution in [1.82, 2.24) is 10.2 Å². The minimum Gasteiger partial charge on any atom is -0.325 e. The molecule has 0 unspecified atom stereocenters. The summed E-state index contributed by atoms with van der Waals surface area (Å²) in [6.45, 7) is 1.92. The first-order valence-corrected chi connectivity index (χ1v) is 8.68. The molecule has 0 spiro atoms. The number of halogens is 1. The predicted octanol–water partition coefficient (Wildman–Crippen LogP) is 3.15. The van der Waals surface area contributed by atoms with Crippen molar-refractivity contribution >= 4 is 45.7 Å². The lowest BCUT2D eigenvalue weighted by Crippen LogP contribution is -2.13. The van der Waals surface area contributed by atoms with Crippen LogP contribution in [0.2, 0.25) is 0 Å². The molecule has 0 saturated carbocycles. The number of nitrogens with one attached hydrogen (secondary N) is 2. The number of anilines is 2. The average Bonchev–Trinajstić information content (AvgIpc) is 2.95. The smallest absolute Gasteiger partial charge is 0.234 e. The molecule has 1 heterocycles. The number of hydrogen-bond donors (Lipinski definition) is 2. The Bertz CT molecular complexity index is 676. The monoisotopic (exact) mass is 354 g/mol. The maximum atomic E-state index is 12.8. The van der Waals surface area contributed by atoms with Crippen molar-refractivity contribution in [1.29, 1.82) is 0 Å². The zero-order chi connectivity index (χ0) is 16.7. The number of benzene rings is 1. The molecular formula is C14H15FN4O2S2. The lowest BCUT2D eigenvalue weighted by molar-refractivity contribution is -0.116. The van der Waals surface area contributed by atoms with E-state index in [-0.39, 0.29) is 23.4 Å². The average molecular weight is 354 g/mol. The molecule has 0 saturated heterocycles. The SMILES string of the molecule is CCCC(=O)Nc1nnc(SCC(=O)Nc2ccc(F)cc2)s1. The van der Waals surface area contributed by atoms with Gasteiger partial charge in [-0.05, 0) is 30.7 Å². The predicted molar refractivity (Wildman–Crippen MR) is 89.2 cm³/mol. The Morgan fingerprint density at radius 2 is 1.91 bits per heavy atom. The van der Waals surface area contributed by atoms with E-state index in [4.69, 9.17) is 0 Å². The summed E-state index contributed by atoms with van der Waals surface area (Å²) in [6.07, 6.45) is 1.19. The van der Waals surface area contributed by atoms with Gasteiger partial charge in [0.25, 0.3) is 0 Å². The Labute approximate surface area is 140 Å². The van der Waals surface area contributed by atoms with Gasteiger partial charge in [-0.3, -0.25) is 9.59 Å². The zero-order valence-electron chi connectivity index (χ0n) is 12.3. The minimum absolute atomic E-state index is 0.103. The third-order valence-corrected chi connectivity index (χ3v) is 4.56. The molecule has 0 aliphatic rings. The van der Waals surface area contributed by atoms with Gasteiger partial charge in [0.2, 0.25) is 16.9 Å². The van der Waals surface area contributed by atoms with Crippen LogP contribution in [0.3, 0.4) is 0 Å². The van der Waals surface area contributed by atoms with Crippen LogP contribution in [0.15, 0.2) is 28.6 Å². The van der Waals surface area contributed by atoms with Crippen LogP contribution in [-0.2, 0) is 9.59 Å². The first-order chi connectivity index (χ1) is 11.1. The highest BCUT2D eigenvalue weighted by Gasteiger charge is 2.10. The van der Waals surface area contributed by atoms with Crippen molar-refractivity contribution in [3.05, 3.63) is 30.1 Å². The Morgan fingerprint density at radius 1 is 1.17 bits per heavy atom. The maximum Gasteiger partial charge on any atom is 0.234 e. The van der Waals surface area contributed by atoms with E-state index in [1.54, 1.807) is 0 Å². The number of carbonyl (C=O) groups is 2. The fourth-order valence-electron chi connectivity index (χ4n) is 1.59. The van der Waals surface area contributed by atoms with Gasteiger partial charge < -0.3 is 10.6 Å². The number of amides is 2. The molecule has 23 heavy (non-hydrogen) atoms. The van der Waals surface area contributed by atoms with Crippen LogP contribution >= 0.6 is 23.1 Å². The van der Waals surface area contributed by atoms with Crippen molar-refractivity contribution in [2.75, 3.05) is 16.4 Å². The summed E-state index contributed by atoms with van der Waals surface area (Å²) in [4.78, 5) is 23.2. The molecule has 1 aromatic heterocycles. The van der Waals surface area contributed by atoms with Gasteiger partial charge >= 0.3 is 0 Å². The molecule has 2 rings (SSSR count). The highest BCUT2D eigenvalue weighted by atomic mass is 32.2. The molecule has 2 N–H and O–H groups in total. The second-order valence-corrected chi connectivity index (χ2v) is 6.72. The fraction of sp³-hybridized carbons (Fsp3) is 0.286. The summed E-state index contributed by atoms with van der Waals surface area (Å²) >= 11 is 2.44. The van der Waals surface area contributed by atoms with Crippen molar-refractivity contribution in [3.63, 3.8) is 0 Å². The van der Waals surface area contributed by atoms with Crippen LogP contribution in [-0.4, -0.2) is 27.8 Å². The summed E-state index contributed by atoms with van der Waals surface area (Å²) in [7, 11) is 0. The summed E-state index contributed by atoms with van der Waals surface area (Å²) in [5.41, 5.74) is 0.529. The van der Waals surface area contributed by atoms with E-state index >= 15 is 0 Å². The highest BCUT2D eigenvalue weighted by molar-refractivity contribution is 8.01. The van der Waals surface area contributed by atoms with Crippen LogP contribution in [0.4, 0.5) is 15.2 Å². The number of hydrogen-bond acceptors (Lipinski definition) is 6. The molecule has 2 aromatic rings. The van der Waals surface area contributed by atoms with E-state index < -0.39 is 0 Å². The van der Waals surface area contributed by atoms with Crippen LogP contribution in [0.25, 0.3) is 0 Å². The molecule has 0 fully saturated rings. The molecule has 0 aliphatic heterocycles. The van der Waals surface area contributed by atoms with E-state index in [0.29, 0.717) is 21.6 Å². The molecular weight excluding hydrogens is 339 g/mol. The molecule has 9 heteroatoms. The van der Waals surface area contributed by atoms with Crippen molar-refractivity contribution in [2.45, 2.75) is 24.1 Å². The Kier molecular flexibility index (Phi) is 6.48. The van der Waals surface area contributed by atoms with Gasteiger partial charge in [-0.25, -0.2) is 4.39 Å². The van der Waals surface area contributed by atoms with Gasteiger partial charge in [0.05, 0.1) is 5.75 Å². The van der Waals surface area contributed by atoms with Gasteiger partial charge in [-0.1, -0.05) is 30.0 Å². The molecule has 0 bridgehead atoms. The topological polar surface area (TPSA) is 84.0 Å². The second kappa shape index (κ2) is 8.59. The third-order valence-electron chi connectivity index (χ3n) is 2.58. The zero-order valence-corrected chi connectivity index (χ0v) is 14.0. The molecule has 6 nitrogen and oxygen atoms in total. The number of thioether (sulfide) groups is 1. The number of rotatable bonds is 7. The lowest BCUT2D eigenvalue weighted by Gasteiger charge is -2.03. The standard InChI is InChI=1S/C14H15FN4O2S2/c1-2-3-11(20)17-13-18-19-14(23-13)22-8-12(21)16-10-6-4-9(15)5-7-10/h4-7H,2-3,8H2,1H3,(H,16,21)(H,17,18,20). The first kappa shape index (κ1) is 17.4. The second-order valence-electron chi connectivity index (χ2n) is 4.52. The van der Waals surface area contributed by atoms with Crippen molar-refractivity contribution in [3.8, 4) is 0 Å². The Balaban J connectivity index is 1.79. The third kappa shape index (κ3) is 5.95. The normalized spacial score (nSPS) is 10.3. The molecule has 1 aromatic carbocycles. The largest absolute Gasteiger partial charge is 0.325 e. The fourth-order valence-corrected chi connectivity index (χ4v) is 3.15. The number of carbonyl (C=O) groups excluding carboxylic acids is 2. The quantitative estimate of drug-likeness (QED) is 0.589. The Morgan fingerprint density at radius 3 is 2.61 bits per heavy atom. The van der Waals surface area contributed by atoms with Gasteiger partial charge in [-0.2, -0.15) is 0 Å².